The smallest absolute Gasteiger partial charge is 0.373 e. The molecule has 0 N–H and O–H groups in total. The van der Waals surface area contributed by atoms with E-state index >= 15 is 0 Å². The predicted molar refractivity (Wildman–Crippen MR) is 181 cm³/mol. The van der Waals surface area contributed by atoms with E-state index in [4.69, 9.17) is 26.6 Å². The van der Waals surface area contributed by atoms with Crippen molar-refractivity contribution in [1.29, 1.82) is 0 Å². The lowest BCUT2D eigenvalue weighted by Gasteiger charge is -2.44. The third-order valence-corrected chi connectivity index (χ3v) is 14.1. The average Bonchev–Trinajstić information content (AvgIpc) is 2.97. The van der Waals surface area contributed by atoms with E-state index in [2.05, 4.69) is 75.3 Å². The molecule has 0 radical (unpaired) electrons. The third kappa shape index (κ3) is 15.8. The Hall–Kier alpha value is -0.0662. The van der Waals surface area contributed by atoms with Gasteiger partial charge in [-0.15, -0.1) is 0 Å². The second-order valence-corrected chi connectivity index (χ2v) is 18.7. The van der Waals surface area contributed by atoms with Crippen molar-refractivity contribution < 1.29 is 26.6 Å². The normalized spacial score (nSPS) is 17.4. The van der Waals surface area contributed by atoms with Gasteiger partial charge < -0.3 is 26.6 Å². The number of hydrogen-bond donors (Lipinski definition) is 0. The molecule has 42 heavy (non-hydrogen) atoms. The zero-order valence-electron chi connectivity index (χ0n) is 29.5. The summed E-state index contributed by atoms with van der Waals surface area (Å²) in [5.41, 5.74) is 1.42. The Morgan fingerprint density at radius 2 is 1.26 bits per heavy atom. The van der Waals surface area contributed by atoms with Crippen molar-refractivity contribution in [2.75, 3.05) is 19.8 Å². The van der Waals surface area contributed by atoms with Crippen LogP contribution in [0.3, 0.4) is 0 Å². The van der Waals surface area contributed by atoms with Gasteiger partial charge in [0, 0.05) is 44.1 Å². The molecule has 250 valence electrons. The minimum Gasteiger partial charge on any atom is -0.373 e. The molecule has 8 heteroatoms. The monoisotopic (exact) mass is 630 g/mol. The lowest BCUT2D eigenvalue weighted by atomic mass is 9.79. The Bertz CT molecular complexity index is 674. The topological polar surface area (TPSA) is 55.4 Å². The van der Waals surface area contributed by atoms with E-state index < -0.39 is 17.6 Å². The Morgan fingerprint density at radius 1 is 0.738 bits per heavy atom. The Balaban J connectivity index is 0.000000420. The van der Waals surface area contributed by atoms with Crippen LogP contribution in [0.25, 0.3) is 0 Å². The molecule has 2 aliphatic carbocycles. The van der Waals surface area contributed by atoms with Crippen molar-refractivity contribution in [3.05, 3.63) is 11.6 Å². The summed E-state index contributed by atoms with van der Waals surface area (Å²) in [7, 11) is -5.10. The van der Waals surface area contributed by atoms with Crippen molar-refractivity contribution >= 4 is 17.6 Å². The fraction of sp³-hybridized carbons (Fsp3) is 0.941. The highest BCUT2D eigenvalue weighted by atomic mass is 28.4. The van der Waals surface area contributed by atoms with Crippen LogP contribution in [-0.2, 0) is 26.6 Å². The first-order valence-electron chi connectivity index (χ1n) is 17.6. The van der Waals surface area contributed by atoms with E-state index in [0.717, 1.165) is 57.6 Å². The van der Waals surface area contributed by atoms with Gasteiger partial charge in [0.25, 0.3) is 0 Å². The highest BCUT2D eigenvalue weighted by Gasteiger charge is 2.48. The van der Waals surface area contributed by atoms with Crippen LogP contribution in [-0.4, -0.2) is 55.2 Å². The van der Waals surface area contributed by atoms with Gasteiger partial charge in [0.2, 0.25) is 0 Å². The van der Waals surface area contributed by atoms with Gasteiger partial charge in [-0.25, -0.2) is 0 Å². The molecule has 0 spiro atoms. The molecular formula is C34H70O6Si2. The molecule has 0 amide bonds. The second kappa shape index (κ2) is 21.6. The van der Waals surface area contributed by atoms with Crippen molar-refractivity contribution in [2.45, 2.75) is 183 Å². The van der Waals surface area contributed by atoms with E-state index in [1.54, 1.807) is 5.57 Å². The van der Waals surface area contributed by atoms with Gasteiger partial charge in [0.05, 0.1) is 5.60 Å². The maximum Gasteiger partial charge on any atom is 0.501 e. The molecule has 0 aliphatic heterocycles. The number of rotatable bonds is 20. The summed E-state index contributed by atoms with van der Waals surface area (Å²) < 4.78 is 37.5. The maximum atomic E-state index is 6.63. The lowest BCUT2D eigenvalue weighted by Crippen LogP contribution is -2.55. The third-order valence-electron chi connectivity index (χ3n) is 7.99. The zero-order valence-corrected chi connectivity index (χ0v) is 31.5. The molecule has 0 heterocycles. The number of allylic oxidation sites excluding steroid dienone is 2. The quantitative estimate of drug-likeness (QED) is 0.0985. The average molecular weight is 631 g/mol. The molecule has 0 unspecified atom stereocenters. The first kappa shape index (κ1) is 40.0. The minimum absolute atomic E-state index is 0.137. The van der Waals surface area contributed by atoms with Crippen molar-refractivity contribution in [3.63, 3.8) is 0 Å². The van der Waals surface area contributed by atoms with Gasteiger partial charge in [-0.05, 0) is 112 Å². The van der Waals surface area contributed by atoms with Gasteiger partial charge >= 0.3 is 17.6 Å². The molecule has 0 bridgehead atoms. The van der Waals surface area contributed by atoms with E-state index in [9.17, 15) is 0 Å². The van der Waals surface area contributed by atoms with Gasteiger partial charge in [-0.3, -0.25) is 0 Å². The Labute approximate surface area is 263 Å². The summed E-state index contributed by atoms with van der Waals surface area (Å²) in [6.07, 6.45) is 18.6. The molecule has 0 aromatic carbocycles. The maximum absolute atomic E-state index is 6.63. The number of hydrogen-bond acceptors (Lipinski definition) is 6. The molecule has 2 aliphatic rings. The van der Waals surface area contributed by atoms with Crippen LogP contribution in [0.1, 0.15) is 153 Å². The van der Waals surface area contributed by atoms with Crippen LogP contribution in [0.2, 0.25) is 12.1 Å². The Kier molecular flexibility index (Phi) is 20.6. The van der Waals surface area contributed by atoms with E-state index in [-0.39, 0.29) is 17.8 Å². The van der Waals surface area contributed by atoms with Crippen molar-refractivity contribution in [3.8, 4) is 0 Å². The summed E-state index contributed by atoms with van der Waals surface area (Å²) in [4.78, 5) is 0. The van der Waals surface area contributed by atoms with Crippen molar-refractivity contribution in [2.24, 2.45) is 5.92 Å². The summed E-state index contributed by atoms with van der Waals surface area (Å²) in [5.74, 6) is 0.621. The Morgan fingerprint density at radius 3 is 1.67 bits per heavy atom. The first-order valence-corrected chi connectivity index (χ1v) is 21.5. The summed E-state index contributed by atoms with van der Waals surface area (Å²) in [5, 5.41) is 0. The molecule has 2 rings (SSSR count). The zero-order chi connectivity index (χ0) is 31.5. The van der Waals surface area contributed by atoms with Crippen LogP contribution in [0, 0.1) is 5.92 Å². The standard InChI is InChI=1S/C17H36O3Si.C17H34O3Si/c1-8-21(18-14(2)3,19-15(4)5)20-17(6,7)16-12-10-9-11-13-16;1-4-13-18-21(19-14-5-2,20-15-6-3)16-12-17-10-8-7-9-11-17/h14-16H,8-13H2,1-7H3;10H,4-9,11-16H2,1-3H3. The summed E-state index contributed by atoms with van der Waals surface area (Å²) in [6, 6.07) is 1.78. The summed E-state index contributed by atoms with van der Waals surface area (Å²) >= 11 is 0. The van der Waals surface area contributed by atoms with Crippen LogP contribution in [0.5, 0.6) is 0 Å². The molecule has 0 aromatic heterocycles. The first-order chi connectivity index (χ1) is 20.0. The van der Waals surface area contributed by atoms with Gasteiger partial charge in [-0.1, -0.05) is 58.6 Å². The molecule has 6 nitrogen and oxygen atoms in total. The van der Waals surface area contributed by atoms with Crippen molar-refractivity contribution in [1.82, 2.24) is 0 Å². The van der Waals surface area contributed by atoms with Gasteiger partial charge in [-0.2, -0.15) is 0 Å². The van der Waals surface area contributed by atoms with E-state index in [1.807, 2.05) is 0 Å². The van der Waals surface area contributed by atoms with Crippen LogP contribution >= 0.6 is 0 Å². The fourth-order valence-electron chi connectivity index (χ4n) is 5.87. The predicted octanol–water partition coefficient (Wildman–Crippen LogP) is 10.3. The summed E-state index contributed by atoms with van der Waals surface area (Å²) in [6.45, 7) is 23.5. The molecule has 1 saturated carbocycles. The van der Waals surface area contributed by atoms with Crippen LogP contribution in [0.4, 0.5) is 0 Å². The minimum atomic E-state index is -2.62. The largest absolute Gasteiger partial charge is 0.501 e. The molecular weight excluding hydrogens is 561 g/mol. The second-order valence-electron chi connectivity index (χ2n) is 13.2. The van der Waals surface area contributed by atoms with Crippen LogP contribution < -0.4 is 0 Å². The highest BCUT2D eigenvalue weighted by Crippen LogP contribution is 2.38. The molecule has 1 fully saturated rings. The van der Waals surface area contributed by atoms with Gasteiger partial charge in [0.15, 0.2) is 0 Å². The van der Waals surface area contributed by atoms with Gasteiger partial charge in [0.1, 0.15) is 0 Å². The molecule has 0 atom stereocenters. The molecule has 0 saturated heterocycles. The lowest BCUT2D eigenvalue weighted by molar-refractivity contribution is -0.0680. The molecule has 0 aromatic rings. The van der Waals surface area contributed by atoms with E-state index in [0.29, 0.717) is 5.92 Å². The fourth-order valence-corrected chi connectivity index (χ4v) is 11.8. The highest BCUT2D eigenvalue weighted by molar-refractivity contribution is 6.61. The SMILES string of the molecule is CCCO[Si](CCC1=CCCCC1)(OCCC)OCCC.CC[Si](OC(C)C)(OC(C)C)OC(C)(C)C1CCCCC1. The van der Waals surface area contributed by atoms with Crippen LogP contribution in [0.15, 0.2) is 11.6 Å². The van der Waals surface area contributed by atoms with E-state index in [1.165, 1.54) is 57.8 Å².